The number of nitrogens with zero attached hydrogens (tertiary/aromatic N) is 2. The maximum atomic E-state index is 12.7. The van der Waals surface area contributed by atoms with Crippen LogP contribution in [0, 0.1) is 6.92 Å². The predicted octanol–water partition coefficient (Wildman–Crippen LogP) is 5.92. The highest BCUT2D eigenvalue weighted by molar-refractivity contribution is 6.31. The van der Waals surface area contributed by atoms with E-state index in [0.29, 0.717) is 50.4 Å². The Kier molecular flexibility index (Phi) is 6.61. The number of anilines is 1. The zero-order valence-electron chi connectivity index (χ0n) is 19.8. The maximum Gasteiger partial charge on any atom is 0.338 e. The minimum absolute atomic E-state index is 0.214. The monoisotopic (exact) mass is 517 g/mol. The molecule has 1 N–H and O–H groups in total. The maximum absolute atomic E-state index is 12.7. The summed E-state index contributed by atoms with van der Waals surface area (Å²) < 4.78 is 21.5. The Morgan fingerprint density at radius 1 is 0.946 bits per heavy atom. The number of amides is 1. The van der Waals surface area contributed by atoms with Crippen LogP contribution < -0.4 is 10.1 Å². The zero-order valence-corrected chi connectivity index (χ0v) is 20.5. The van der Waals surface area contributed by atoms with Crippen molar-refractivity contribution < 1.29 is 27.9 Å². The molecule has 0 aliphatic carbocycles. The van der Waals surface area contributed by atoms with Crippen LogP contribution in [0.25, 0.3) is 33.9 Å². The summed E-state index contributed by atoms with van der Waals surface area (Å²) in [5.74, 6) is 0.204. The number of rotatable bonds is 7. The number of hydrogen-bond donors (Lipinski definition) is 1. The number of aromatic nitrogens is 2. The summed E-state index contributed by atoms with van der Waals surface area (Å²) >= 11 is 6.10. The normalized spacial score (nSPS) is 10.9. The molecule has 5 aromatic rings. The van der Waals surface area contributed by atoms with Gasteiger partial charge in [0.2, 0.25) is 0 Å². The van der Waals surface area contributed by atoms with Gasteiger partial charge in [0.05, 0.1) is 41.9 Å². The lowest BCUT2D eigenvalue weighted by atomic mass is 10.1. The molecule has 2 aromatic carbocycles. The lowest BCUT2D eigenvalue weighted by molar-refractivity contribution is -0.119. The fourth-order valence-corrected chi connectivity index (χ4v) is 3.84. The molecule has 5 rings (SSSR count). The SMILES string of the molecule is COc1cc(Cl)c(C)cc1NC(=O)COC(=O)c1ccc2nc(-c3ccco3)c(-c3ccco3)nc2c1. The topological polar surface area (TPSA) is 117 Å². The van der Waals surface area contributed by atoms with Gasteiger partial charge in [-0.25, -0.2) is 14.8 Å². The van der Waals surface area contributed by atoms with Crippen molar-refractivity contribution in [1.82, 2.24) is 9.97 Å². The molecular weight excluding hydrogens is 498 g/mol. The van der Waals surface area contributed by atoms with Crippen molar-refractivity contribution in [3.63, 3.8) is 0 Å². The second kappa shape index (κ2) is 10.2. The number of esters is 1. The molecule has 0 spiro atoms. The van der Waals surface area contributed by atoms with Crippen LogP contribution >= 0.6 is 11.6 Å². The zero-order chi connectivity index (χ0) is 25.9. The Morgan fingerprint density at radius 2 is 1.62 bits per heavy atom. The number of ether oxygens (including phenoxy) is 2. The first kappa shape index (κ1) is 24.1. The molecule has 1 amide bonds. The van der Waals surface area contributed by atoms with Gasteiger partial charge in [-0.3, -0.25) is 4.79 Å². The van der Waals surface area contributed by atoms with Crippen LogP contribution in [0.15, 0.2) is 76.0 Å². The Bertz CT molecular complexity index is 1600. The molecule has 0 atom stereocenters. The molecule has 186 valence electrons. The quantitative estimate of drug-likeness (QED) is 0.264. The summed E-state index contributed by atoms with van der Waals surface area (Å²) in [6, 6.07) is 15.1. The second-order valence-corrected chi connectivity index (χ2v) is 8.41. The molecule has 0 saturated heterocycles. The van der Waals surface area contributed by atoms with Crippen LogP contribution in [0.4, 0.5) is 5.69 Å². The number of furan rings is 2. The molecule has 0 bridgehead atoms. The van der Waals surface area contributed by atoms with Crippen molar-refractivity contribution in [2.24, 2.45) is 0 Å². The third kappa shape index (κ3) is 5.03. The van der Waals surface area contributed by atoms with Gasteiger partial charge in [-0.1, -0.05) is 11.6 Å². The first-order valence-corrected chi connectivity index (χ1v) is 11.5. The molecule has 3 aromatic heterocycles. The second-order valence-electron chi connectivity index (χ2n) is 8.00. The molecule has 9 nitrogen and oxygen atoms in total. The number of aryl methyl sites for hydroxylation is 1. The minimum atomic E-state index is -0.687. The Morgan fingerprint density at radius 3 is 2.24 bits per heavy atom. The Labute approximate surface area is 216 Å². The number of halogens is 1. The standard InChI is InChI=1S/C27H20ClN3O6/c1-15-11-20(23(34-2)13-17(15)28)29-24(32)14-37-27(33)16-7-8-18-19(12-16)31-26(22-6-4-10-36-22)25(30-18)21-5-3-9-35-21/h3-13H,14H2,1-2H3,(H,29,32). The van der Waals surface area contributed by atoms with E-state index in [1.54, 1.807) is 67.8 Å². The van der Waals surface area contributed by atoms with Gasteiger partial charge < -0.3 is 23.6 Å². The van der Waals surface area contributed by atoms with Gasteiger partial charge in [-0.05, 0) is 61.0 Å². The minimum Gasteiger partial charge on any atom is -0.495 e. The average Bonchev–Trinajstić information content (AvgIpc) is 3.63. The van der Waals surface area contributed by atoms with Crippen LogP contribution in [0.1, 0.15) is 15.9 Å². The van der Waals surface area contributed by atoms with Crippen molar-refractivity contribution in [3.8, 4) is 28.7 Å². The van der Waals surface area contributed by atoms with Crippen molar-refractivity contribution in [2.75, 3.05) is 19.0 Å². The van der Waals surface area contributed by atoms with Crippen LogP contribution in [0.3, 0.4) is 0 Å². The molecular formula is C27H20ClN3O6. The fourth-order valence-electron chi connectivity index (χ4n) is 3.68. The number of nitrogens with one attached hydrogen (secondary N) is 1. The first-order valence-electron chi connectivity index (χ1n) is 11.1. The molecule has 0 fully saturated rings. The third-order valence-electron chi connectivity index (χ3n) is 5.50. The summed E-state index contributed by atoms with van der Waals surface area (Å²) in [5, 5.41) is 3.17. The summed E-state index contributed by atoms with van der Waals surface area (Å²) in [4.78, 5) is 34.5. The molecule has 37 heavy (non-hydrogen) atoms. The average molecular weight is 518 g/mol. The highest BCUT2D eigenvalue weighted by atomic mass is 35.5. The molecule has 3 heterocycles. The van der Waals surface area contributed by atoms with Crippen LogP contribution in [-0.4, -0.2) is 35.6 Å². The van der Waals surface area contributed by atoms with Gasteiger partial charge in [0.1, 0.15) is 17.1 Å². The van der Waals surface area contributed by atoms with E-state index in [9.17, 15) is 9.59 Å². The molecule has 0 aliphatic heterocycles. The highest BCUT2D eigenvalue weighted by Crippen LogP contribution is 2.32. The van der Waals surface area contributed by atoms with Gasteiger partial charge in [-0.15, -0.1) is 0 Å². The largest absolute Gasteiger partial charge is 0.495 e. The van der Waals surface area contributed by atoms with E-state index in [1.165, 1.54) is 13.4 Å². The lowest BCUT2D eigenvalue weighted by Crippen LogP contribution is -2.21. The van der Waals surface area contributed by atoms with Gasteiger partial charge in [0, 0.05) is 11.1 Å². The summed E-state index contributed by atoms with van der Waals surface area (Å²) in [5.41, 5.74) is 3.35. The predicted molar refractivity (Wildman–Crippen MR) is 137 cm³/mol. The van der Waals surface area contributed by atoms with Crippen LogP contribution in [0.2, 0.25) is 5.02 Å². The number of hydrogen-bond acceptors (Lipinski definition) is 8. The molecule has 10 heteroatoms. The van der Waals surface area contributed by atoms with Gasteiger partial charge in [0.25, 0.3) is 5.91 Å². The summed E-state index contributed by atoms with van der Waals surface area (Å²) in [6.45, 7) is 1.30. The van der Waals surface area contributed by atoms with Crippen molar-refractivity contribution >= 4 is 40.2 Å². The van der Waals surface area contributed by atoms with E-state index in [0.717, 1.165) is 5.56 Å². The van der Waals surface area contributed by atoms with Crippen LogP contribution in [0.5, 0.6) is 5.75 Å². The number of benzene rings is 2. The van der Waals surface area contributed by atoms with E-state index < -0.39 is 18.5 Å². The van der Waals surface area contributed by atoms with E-state index >= 15 is 0 Å². The van der Waals surface area contributed by atoms with E-state index in [4.69, 9.17) is 29.9 Å². The van der Waals surface area contributed by atoms with Gasteiger partial charge in [0.15, 0.2) is 18.1 Å². The van der Waals surface area contributed by atoms with E-state index in [-0.39, 0.29) is 5.56 Å². The van der Waals surface area contributed by atoms with Crippen molar-refractivity contribution in [3.05, 3.63) is 83.3 Å². The molecule has 0 saturated carbocycles. The fraction of sp³-hybridized carbons (Fsp3) is 0.111. The third-order valence-corrected chi connectivity index (χ3v) is 5.91. The van der Waals surface area contributed by atoms with Gasteiger partial charge in [-0.2, -0.15) is 0 Å². The number of carbonyl (C=O) groups excluding carboxylic acids is 2. The number of methoxy groups -OCH3 is 1. The molecule has 0 radical (unpaired) electrons. The highest BCUT2D eigenvalue weighted by Gasteiger charge is 2.19. The van der Waals surface area contributed by atoms with Gasteiger partial charge >= 0.3 is 5.97 Å². The van der Waals surface area contributed by atoms with Crippen molar-refractivity contribution in [1.29, 1.82) is 0 Å². The number of carbonyl (C=O) groups is 2. The number of fused-ring (bicyclic) bond motifs is 1. The Hall–Kier alpha value is -4.63. The van der Waals surface area contributed by atoms with E-state index in [2.05, 4.69) is 15.3 Å². The first-order chi connectivity index (χ1) is 17.9. The Balaban J connectivity index is 1.35. The lowest BCUT2D eigenvalue weighted by Gasteiger charge is -2.12. The van der Waals surface area contributed by atoms with Crippen molar-refractivity contribution in [2.45, 2.75) is 6.92 Å². The summed E-state index contributed by atoms with van der Waals surface area (Å²) in [7, 11) is 1.47. The van der Waals surface area contributed by atoms with Crippen LogP contribution in [-0.2, 0) is 9.53 Å². The van der Waals surface area contributed by atoms with E-state index in [1.807, 2.05) is 0 Å². The summed E-state index contributed by atoms with van der Waals surface area (Å²) in [6.07, 6.45) is 3.08. The molecule has 0 unspecified atom stereocenters. The molecule has 0 aliphatic rings. The smallest absolute Gasteiger partial charge is 0.338 e.